The topological polar surface area (TPSA) is 373 Å². The molecule has 1 aliphatic heterocycles. The van der Waals surface area contributed by atoms with Gasteiger partial charge in [-0.25, -0.2) is 94.7 Å². The van der Waals surface area contributed by atoms with Crippen molar-refractivity contribution in [3.05, 3.63) is 119 Å². The molecule has 0 amide bonds. The number of fused-ring (bicyclic) bond motifs is 7. The minimum absolute atomic E-state index is 0.263. The molecule has 13 aromatic heterocycles. The number of hydrogen-bond donors (Lipinski definition) is 7. The van der Waals surface area contributed by atoms with Gasteiger partial charge in [-0.3, -0.25) is 4.98 Å². The normalized spacial score (nSPS) is 11.9. The smallest absolute Gasteiger partial charge is 0.262 e. The first-order valence-corrected chi connectivity index (χ1v) is 42.4. The van der Waals surface area contributed by atoms with E-state index in [1.54, 1.807) is 53.7 Å². The largest absolute Gasteiger partial charge is 0.482 e. The van der Waals surface area contributed by atoms with E-state index in [-0.39, 0.29) is 23.7 Å². The molecule has 0 aliphatic carbocycles. The first-order chi connectivity index (χ1) is 55.5. The summed E-state index contributed by atoms with van der Waals surface area (Å²) in [6, 6.07) is 10.3. The predicted octanol–water partition coefficient (Wildman–Crippen LogP) is 19.5. The number of aromatic nitrogens is 21. The highest BCUT2D eigenvalue weighted by Gasteiger charge is 2.24. The predicted molar refractivity (Wildman–Crippen MR) is 481 cm³/mol. The van der Waals surface area contributed by atoms with Gasteiger partial charge >= 0.3 is 0 Å². The van der Waals surface area contributed by atoms with E-state index >= 15 is 0 Å². The lowest BCUT2D eigenvalue weighted by atomic mass is 10.2. The van der Waals surface area contributed by atoms with E-state index in [0.717, 1.165) is 141 Å². The van der Waals surface area contributed by atoms with Crippen molar-refractivity contribution in [2.24, 2.45) is 0 Å². The molecule has 30 nitrogen and oxygen atoms in total. The standard InChI is InChI=1S/C13H18N4.3C12H17N5.C12H19N3O2.2C12H17N3S/c1-8(2)12-16-10-6-5-7-14-11(10)13(17-12)15-9(3)4;2*1-7(2)11-16-9-5-13-6-14-10(9)12(17-11)15-8(3)4;1-7(2)10-16-11-9(13-5-6-14-11)12(17-10)15-8(3)4;1-7(2)10-14-11(13-8(3)4)9-12(15-10)17-6-5-16-9;1-7(2)11-14-9-5-6-16-10(9)12(15-11)13-8(3)4;1-7(2)10-14-11(13-8(3)4)9-5-6-16-12(9)15-10/h5-9H,1-4H3,(H,15,16,17);2*5-8H,1-4H3,(H,15,16,17);5-8H,1-4H3,(H,14,15,16,17);7-8H,5-6H2,1-4H3,(H,13,14,15);2*5-8H,1-4H3,(H,13,14,15). The van der Waals surface area contributed by atoms with Crippen LogP contribution in [0.5, 0.6) is 11.6 Å². The minimum Gasteiger partial charge on any atom is -0.482 e. The molecule has 626 valence electrons. The summed E-state index contributed by atoms with van der Waals surface area (Å²) in [6.07, 6.45) is 11.6. The Morgan fingerprint density at radius 2 is 0.658 bits per heavy atom. The average molecular weight is 1630 g/mol. The number of anilines is 7. The molecule has 1 aliphatic rings. The van der Waals surface area contributed by atoms with Crippen LogP contribution < -0.4 is 46.7 Å². The average Bonchev–Trinajstić information content (AvgIpc) is 1.78. The van der Waals surface area contributed by atoms with E-state index in [1.807, 2.05) is 12.1 Å². The highest BCUT2D eigenvalue weighted by molar-refractivity contribution is 7.17. The van der Waals surface area contributed by atoms with Crippen LogP contribution in [0.2, 0.25) is 0 Å². The molecule has 13 aromatic rings. The van der Waals surface area contributed by atoms with Crippen LogP contribution in [0.4, 0.5) is 40.7 Å². The number of nitrogens with one attached hydrogen (secondary N) is 7. The summed E-state index contributed by atoms with van der Waals surface area (Å²) in [5, 5.41) is 28.5. The number of hydrogen-bond acceptors (Lipinski definition) is 32. The van der Waals surface area contributed by atoms with Crippen molar-refractivity contribution in [2.75, 3.05) is 50.4 Å². The van der Waals surface area contributed by atoms with E-state index < -0.39 is 0 Å². The lowest BCUT2D eigenvalue weighted by Crippen LogP contribution is -2.21. The van der Waals surface area contributed by atoms with Gasteiger partial charge in [-0.1, -0.05) is 96.9 Å². The highest BCUT2D eigenvalue weighted by atomic mass is 32.1. The van der Waals surface area contributed by atoms with Gasteiger partial charge in [-0.2, -0.15) is 4.98 Å². The number of thiophene rings is 2. The van der Waals surface area contributed by atoms with Gasteiger partial charge in [0.2, 0.25) is 5.75 Å². The SMILES string of the molecule is CC(C)Nc1nc(C(C)C)nc2c1OCCO2.CC(C)Nc1nc(C(C)C)nc2cccnc12.CC(C)Nc1nc(C(C)C)nc2ccsc12.CC(C)Nc1nc(C(C)C)nc2cncnc12.CC(C)Nc1nc(C(C)C)nc2cncnc12.CC(C)Nc1nc(C(C)C)nc2nccnc12.CC(C)Nc1nc(C(C)C)nc2sccc12. The fourth-order valence-electron chi connectivity index (χ4n) is 10.8. The molecule has 7 N–H and O–H groups in total. The Morgan fingerprint density at radius 3 is 1.15 bits per heavy atom. The Morgan fingerprint density at radius 1 is 0.299 bits per heavy atom. The Kier molecular flexibility index (Phi) is 34.0. The summed E-state index contributed by atoms with van der Waals surface area (Å²) >= 11 is 3.36. The zero-order valence-electron chi connectivity index (χ0n) is 73.5. The number of ether oxygens (including phenoxy) is 2. The maximum absolute atomic E-state index is 5.58. The van der Waals surface area contributed by atoms with Crippen LogP contribution in [0, 0.1) is 0 Å². The lowest BCUT2D eigenvalue weighted by molar-refractivity contribution is 0.163. The second-order valence-electron chi connectivity index (χ2n) is 32.4. The number of pyridine rings is 1. The molecule has 0 spiro atoms. The fraction of sp³-hybridized carbons (Fsp3) is 0.518. The molecule has 0 saturated heterocycles. The molecule has 0 radical (unpaired) electrons. The minimum atomic E-state index is 0.263. The monoisotopic (exact) mass is 1630 g/mol. The van der Waals surface area contributed by atoms with Gasteiger partial charge < -0.3 is 46.7 Å². The summed E-state index contributed by atoms with van der Waals surface area (Å²) in [5.41, 5.74) is 7.28. The highest BCUT2D eigenvalue weighted by Crippen LogP contribution is 2.37. The Balaban J connectivity index is 0.000000170. The Bertz CT molecular complexity index is 4820. The van der Waals surface area contributed by atoms with Gasteiger partial charge in [0, 0.05) is 102 Å². The van der Waals surface area contributed by atoms with Crippen LogP contribution in [0.1, 0.15) is 276 Å². The third-order valence-electron chi connectivity index (χ3n) is 16.3. The molecule has 0 unspecified atom stereocenters. The van der Waals surface area contributed by atoms with E-state index in [0.29, 0.717) is 90.5 Å². The van der Waals surface area contributed by atoms with Crippen molar-refractivity contribution in [1.29, 1.82) is 0 Å². The Hall–Kier alpha value is -10.9. The quantitative estimate of drug-likeness (QED) is 0.0351. The summed E-state index contributed by atoms with van der Waals surface area (Å²) in [4.78, 5) is 93.6. The number of rotatable bonds is 21. The van der Waals surface area contributed by atoms with Gasteiger partial charge in [0.1, 0.15) is 116 Å². The van der Waals surface area contributed by atoms with Crippen LogP contribution in [0.15, 0.2) is 78.7 Å². The van der Waals surface area contributed by atoms with Gasteiger partial charge in [0.25, 0.3) is 5.88 Å². The summed E-state index contributed by atoms with van der Waals surface area (Å²) in [6.45, 7) is 59.5. The summed E-state index contributed by atoms with van der Waals surface area (Å²) in [5.74, 6) is 15.0. The maximum atomic E-state index is 5.58. The van der Waals surface area contributed by atoms with Crippen LogP contribution in [0.3, 0.4) is 0 Å². The zero-order chi connectivity index (χ0) is 85.5. The Labute approximate surface area is 697 Å². The second-order valence-corrected chi connectivity index (χ2v) is 34.2. The van der Waals surface area contributed by atoms with E-state index in [1.165, 1.54) is 12.7 Å². The fourth-order valence-corrected chi connectivity index (χ4v) is 12.4. The van der Waals surface area contributed by atoms with Gasteiger partial charge in [0.15, 0.2) is 34.7 Å². The number of nitrogens with zero attached hydrogens (tertiary/aromatic N) is 21. The van der Waals surface area contributed by atoms with Crippen molar-refractivity contribution in [3.63, 3.8) is 0 Å². The van der Waals surface area contributed by atoms with Crippen molar-refractivity contribution in [3.8, 4) is 11.6 Å². The molecule has 14 heterocycles. The molecule has 0 atom stereocenters. The molecule has 0 fully saturated rings. The van der Waals surface area contributed by atoms with Gasteiger partial charge in [-0.15, -0.1) is 22.7 Å². The third kappa shape index (κ3) is 26.8. The molecule has 117 heavy (non-hydrogen) atoms. The summed E-state index contributed by atoms with van der Waals surface area (Å²) < 4.78 is 12.2. The van der Waals surface area contributed by atoms with Crippen molar-refractivity contribution in [1.82, 2.24) is 105 Å². The molecule has 0 aromatic carbocycles. The molecule has 14 rings (SSSR count). The molecule has 32 heteroatoms. The van der Waals surface area contributed by atoms with Crippen molar-refractivity contribution >= 4 is 128 Å². The first-order valence-electron chi connectivity index (χ1n) is 40.6. The van der Waals surface area contributed by atoms with E-state index in [2.05, 4.69) is 359 Å². The van der Waals surface area contributed by atoms with Gasteiger partial charge in [0.05, 0.1) is 33.5 Å². The maximum Gasteiger partial charge on any atom is 0.262 e. The van der Waals surface area contributed by atoms with Crippen molar-refractivity contribution in [2.45, 2.75) is 278 Å². The molecule has 0 saturated carbocycles. The van der Waals surface area contributed by atoms with E-state index in [4.69, 9.17) is 9.47 Å². The lowest BCUT2D eigenvalue weighted by Gasteiger charge is -2.22. The molecular formula is C85H122N28O2S2. The third-order valence-corrected chi connectivity index (χ3v) is 18.0. The van der Waals surface area contributed by atoms with Gasteiger partial charge in [-0.05, 0) is 132 Å². The second kappa shape index (κ2) is 43.4. The summed E-state index contributed by atoms with van der Waals surface area (Å²) in [7, 11) is 0. The molecular weight excluding hydrogens is 1510 g/mol. The first kappa shape index (κ1) is 91.6. The van der Waals surface area contributed by atoms with E-state index in [9.17, 15) is 0 Å². The van der Waals surface area contributed by atoms with Crippen molar-refractivity contribution < 1.29 is 9.47 Å². The molecule has 0 bridgehead atoms. The van der Waals surface area contributed by atoms with Crippen LogP contribution in [-0.2, 0) is 0 Å². The van der Waals surface area contributed by atoms with Crippen LogP contribution >= 0.6 is 22.7 Å². The van der Waals surface area contributed by atoms with Crippen LogP contribution in [-0.4, -0.2) is 160 Å². The zero-order valence-corrected chi connectivity index (χ0v) is 75.2. The van der Waals surface area contributed by atoms with Crippen LogP contribution in [0.25, 0.3) is 64.7 Å².